The molecule has 62 heavy (non-hydrogen) atoms. The van der Waals surface area contributed by atoms with Crippen molar-refractivity contribution in [1.82, 2.24) is 0 Å². The summed E-state index contributed by atoms with van der Waals surface area (Å²) in [6.07, 6.45) is 0. The molecule has 0 saturated heterocycles. The van der Waals surface area contributed by atoms with Crippen LogP contribution in [0.5, 0.6) is 0 Å². The quantitative estimate of drug-likeness (QED) is 0.106. The number of benzene rings is 7. The van der Waals surface area contributed by atoms with Gasteiger partial charge in [0.25, 0.3) is 0 Å². The molecule has 6 heteroatoms. The monoisotopic (exact) mass is 855 g/mol. The first-order valence-corrected chi connectivity index (χ1v) is 23.8. The lowest BCUT2D eigenvalue weighted by molar-refractivity contribution is 0.661. The molecule has 1 aliphatic rings. The summed E-state index contributed by atoms with van der Waals surface area (Å²) >= 11 is 5.33. The Hall–Kier alpha value is -6.44. The predicted octanol–water partition coefficient (Wildman–Crippen LogP) is 17.8. The van der Waals surface area contributed by atoms with E-state index in [0.29, 0.717) is 0 Å². The zero-order valence-corrected chi connectivity index (χ0v) is 37.8. The van der Waals surface area contributed by atoms with Gasteiger partial charge in [0.1, 0.15) is 0 Å². The molecule has 10 aromatic rings. The molecule has 0 spiro atoms. The maximum atomic E-state index is 2.54. The van der Waals surface area contributed by atoms with Crippen molar-refractivity contribution in [3.63, 3.8) is 0 Å². The Morgan fingerprint density at radius 2 is 0.758 bits per heavy atom. The van der Waals surface area contributed by atoms with E-state index in [1.54, 1.807) is 34.0 Å². The Labute approximate surface area is 376 Å². The smallest absolute Gasteiger partial charge is 0.0999 e. The number of nitrogens with zero attached hydrogens (tertiary/aromatic N) is 3. The van der Waals surface area contributed by atoms with Gasteiger partial charge in [-0.05, 0) is 156 Å². The van der Waals surface area contributed by atoms with Crippen LogP contribution in [0.2, 0.25) is 0 Å². The van der Waals surface area contributed by atoms with Gasteiger partial charge >= 0.3 is 0 Å². The molecule has 0 fully saturated rings. The first-order valence-electron chi connectivity index (χ1n) is 21.1. The molecule has 302 valence electrons. The normalized spacial score (nSPS) is 12.7. The van der Waals surface area contributed by atoms with Gasteiger partial charge in [0.05, 0.1) is 26.4 Å². The minimum atomic E-state index is -0.283. The van der Waals surface area contributed by atoms with Gasteiger partial charge < -0.3 is 14.7 Å². The lowest BCUT2D eigenvalue weighted by Crippen LogP contribution is -2.17. The Bertz CT molecular complexity index is 3220. The molecule has 0 N–H and O–H groups in total. The number of rotatable bonds is 9. The van der Waals surface area contributed by atoms with Crippen LogP contribution in [0.4, 0.5) is 49.1 Å². The fourth-order valence-electron chi connectivity index (χ4n) is 9.38. The van der Waals surface area contributed by atoms with Crippen LogP contribution in [0.3, 0.4) is 0 Å². The summed E-state index contributed by atoms with van der Waals surface area (Å²) in [5, 5.41) is 15.0. The molecular weight excluding hydrogens is 811 g/mol. The highest BCUT2D eigenvalue weighted by Gasteiger charge is 2.38. The molecule has 0 atom stereocenters. The van der Waals surface area contributed by atoms with E-state index in [2.05, 4.69) is 229 Å². The second-order valence-corrected chi connectivity index (χ2v) is 19.7. The molecule has 3 aromatic heterocycles. The molecule has 0 amide bonds. The Balaban J connectivity index is 1.23. The molecule has 0 radical (unpaired) electrons. The Morgan fingerprint density at radius 1 is 0.355 bits per heavy atom. The van der Waals surface area contributed by atoms with Crippen molar-refractivity contribution in [2.45, 2.75) is 40.0 Å². The minimum absolute atomic E-state index is 0.283. The summed E-state index contributed by atoms with van der Waals surface area (Å²) in [5.41, 5.74) is 15.7. The Morgan fingerprint density at radius 3 is 1.21 bits per heavy atom. The van der Waals surface area contributed by atoms with E-state index in [1.165, 1.54) is 92.6 Å². The summed E-state index contributed by atoms with van der Waals surface area (Å²) < 4.78 is 0. The van der Waals surface area contributed by atoms with Crippen molar-refractivity contribution in [2.75, 3.05) is 14.7 Å². The third-order valence-corrected chi connectivity index (χ3v) is 15.1. The van der Waals surface area contributed by atoms with E-state index in [0.717, 1.165) is 17.1 Å². The highest BCUT2D eigenvalue weighted by atomic mass is 32.1. The van der Waals surface area contributed by atoms with Crippen LogP contribution in [0.15, 0.2) is 180 Å². The van der Waals surface area contributed by atoms with Crippen LogP contribution in [0, 0.1) is 20.8 Å². The van der Waals surface area contributed by atoms with E-state index in [-0.39, 0.29) is 5.41 Å². The first-order chi connectivity index (χ1) is 30.2. The fraction of sp³-hybridized carbons (Fsp3) is 0.107. The topological polar surface area (TPSA) is 9.72 Å². The summed E-state index contributed by atoms with van der Waals surface area (Å²) in [7, 11) is 0. The summed E-state index contributed by atoms with van der Waals surface area (Å²) in [6, 6.07) is 61.4. The van der Waals surface area contributed by atoms with Crippen molar-refractivity contribution in [3.8, 4) is 11.1 Å². The van der Waals surface area contributed by atoms with Crippen LogP contribution in [-0.4, -0.2) is 0 Å². The van der Waals surface area contributed by atoms with Crippen molar-refractivity contribution in [1.29, 1.82) is 0 Å². The van der Waals surface area contributed by atoms with Gasteiger partial charge in [-0.1, -0.05) is 97.3 Å². The second kappa shape index (κ2) is 15.2. The predicted molar refractivity (Wildman–Crippen MR) is 271 cm³/mol. The molecule has 1 aliphatic carbocycles. The standard InChI is InChI=1S/C56H45N3S3/c1-36-16-22-39(23-17-36)57(51-13-8-30-60-51)42-28-29-43-46-34-47-48(35-50(46)56(4,5)49(43)33-42)55(59(53-15-10-32-62-53)41-26-20-38(3)21-27-41)45-12-7-6-11-44(45)54(47)58(52-14-9-31-61-52)40-24-18-37(2)19-25-40/h6-35H,1-5H3. The van der Waals surface area contributed by atoms with Gasteiger partial charge in [-0.15, -0.1) is 34.0 Å². The van der Waals surface area contributed by atoms with E-state index in [9.17, 15) is 0 Å². The number of hydrogen-bond donors (Lipinski definition) is 0. The SMILES string of the molecule is Cc1ccc(N(c2ccc3c(c2)C(C)(C)c2cc4c(N(c5ccc(C)cc5)c5cccs5)c5ccccc5c(N(c5ccc(C)cc5)c5cccs5)c4cc2-3)c2cccs2)cc1. The van der Waals surface area contributed by atoms with Crippen LogP contribution >= 0.6 is 34.0 Å². The van der Waals surface area contributed by atoms with Gasteiger partial charge in [-0.25, -0.2) is 0 Å². The van der Waals surface area contributed by atoms with Crippen LogP contribution in [0.1, 0.15) is 41.7 Å². The van der Waals surface area contributed by atoms with E-state index in [4.69, 9.17) is 0 Å². The van der Waals surface area contributed by atoms with Crippen LogP contribution in [-0.2, 0) is 5.41 Å². The number of anilines is 9. The summed E-state index contributed by atoms with van der Waals surface area (Å²) in [4.78, 5) is 7.40. The van der Waals surface area contributed by atoms with Gasteiger partial charge in [-0.3, -0.25) is 0 Å². The van der Waals surface area contributed by atoms with Gasteiger partial charge in [0, 0.05) is 49.7 Å². The highest BCUT2D eigenvalue weighted by Crippen LogP contribution is 2.57. The lowest BCUT2D eigenvalue weighted by Gasteiger charge is -2.32. The molecule has 3 heterocycles. The average molecular weight is 856 g/mol. The van der Waals surface area contributed by atoms with Gasteiger partial charge in [-0.2, -0.15) is 0 Å². The van der Waals surface area contributed by atoms with E-state index in [1.807, 2.05) is 0 Å². The Kier molecular flexibility index (Phi) is 9.42. The molecule has 0 saturated carbocycles. The third-order valence-electron chi connectivity index (χ3n) is 12.5. The largest absolute Gasteiger partial charge is 0.302 e. The van der Waals surface area contributed by atoms with Crippen molar-refractivity contribution < 1.29 is 0 Å². The highest BCUT2D eigenvalue weighted by molar-refractivity contribution is 7.15. The molecule has 0 bridgehead atoms. The molecule has 3 nitrogen and oxygen atoms in total. The fourth-order valence-corrected chi connectivity index (χ4v) is 11.7. The van der Waals surface area contributed by atoms with Crippen LogP contribution < -0.4 is 14.7 Å². The summed E-state index contributed by atoms with van der Waals surface area (Å²) in [6.45, 7) is 11.3. The molecule has 0 unspecified atom stereocenters. The molecular formula is C56H45N3S3. The number of fused-ring (bicyclic) bond motifs is 5. The third kappa shape index (κ3) is 6.36. The van der Waals surface area contributed by atoms with Crippen molar-refractivity contribution >= 4 is 105 Å². The van der Waals surface area contributed by atoms with E-state index >= 15 is 0 Å². The molecule has 7 aromatic carbocycles. The second-order valence-electron chi connectivity index (χ2n) is 16.9. The van der Waals surface area contributed by atoms with E-state index < -0.39 is 0 Å². The lowest BCUT2D eigenvalue weighted by atomic mass is 9.81. The zero-order chi connectivity index (χ0) is 42.1. The van der Waals surface area contributed by atoms with Crippen molar-refractivity contribution in [3.05, 3.63) is 208 Å². The minimum Gasteiger partial charge on any atom is -0.302 e. The average Bonchev–Trinajstić information content (AvgIpc) is 4.14. The van der Waals surface area contributed by atoms with Gasteiger partial charge in [0.2, 0.25) is 0 Å². The molecule has 11 rings (SSSR count). The number of thiophene rings is 3. The summed E-state index contributed by atoms with van der Waals surface area (Å²) in [5.74, 6) is 0. The maximum absolute atomic E-state index is 2.54. The molecule has 0 aliphatic heterocycles. The zero-order valence-electron chi connectivity index (χ0n) is 35.4. The van der Waals surface area contributed by atoms with Gasteiger partial charge in [0.15, 0.2) is 0 Å². The maximum Gasteiger partial charge on any atom is 0.0999 e. The van der Waals surface area contributed by atoms with Crippen LogP contribution in [0.25, 0.3) is 32.7 Å². The number of aryl methyl sites for hydroxylation is 3. The first kappa shape index (κ1) is 38.5. The number of hydrogen-bond acceptors (Lipinski definition) is 6. The van der Waals surface area contributed by atoms with Crippen molar-refractivity contribution in [2.24, 2.45) is 0 Å².